The predicted octanol–water partition coefficient (Wildman–Crippen LogP) is 2.41. The summed E-state index contributed by atoms with van der Waals surface area (Å²) in [6.45, 7) is 29.8. The van der Waals surface area contributed by atoms with Crippen molar-refractivity contribution in [1.29, 1.82) is 0 Å². The van der Waals surface area contributed by atoms with E-state index in [0.29, 0.717) is 5.56 Å². The lowest BCUT2D eigenvalue weighted by molar-refractivity contribution is -0.230. The van der Waals surface area contributed by atoms with Gasteiger partial charge in [0.15, 0.2) is 59.9 Å². The number of rotatable bonds is 34. The molecule has 128 heavy (non-hydrogen) atoms. The SMILES string of the molecule is COC(=O)C[C@@H](NC(=O)C[C@H](NC(=O)C[C@@H](NC(=O)C[C@H](NC(=O)C[C@@H](NC(=O)C[C@H](NC(=O)OCc1ccccc1)[C@H]1O[C@H](CNC(=O)OC(C)(C)C)[C@H]2OC(C)(C)O[C@@H]12)[C@H]1O[C@H](OC)[C@H]2OC(C)(C)O[C@H]21)[C@H]1O[C@H](OC)[C@H]2OC(C)(C)O[C@H]21)[C@H]1O[C@H](CNC(=O)OC(C)(C)C)[C@H]2OC(C)(C)O[C@@H]12)[C@H]1O[C@H](OC)[C@H]2OC(C)(C)O[C@H]21)[C@H]1O[C@H](OC)[C@H]2OC(C)(C)O[C@H]21. The standard InChI is InChI=1S/C85H130N8O35/c1-78(2,3)127-75(100)86-35-45-59-61(117-80(7,8)115-59)53(109-45)39(29-47(94)89-42(57-65-69(73(106-22)113-57)125-84(15,16)121-65)32-50(97)92-44(34-52(99)103-19)58-66-70(74(107-23)114-58)126-85(17,18)122-66)88-48(95)30-40(55-63-67(71(104-20)111-55)123-82(11,12)119-63)90-49(96)31-41(56-64-68(72(105-21)112-56)124-83(13,14)120-64)91-51(98)33-43(93-77(102)108-37-38-27-25-24-26-28-38)54-62-60(116-81(9,10)118-62)46(110-54)36-87-76(101)128-79(4,5)6/h24-28,39-46,53-74H,29-37H2,1-23H3,(H,86,100)(H,87,101)(H,88,95)(H,89,94)(H,90,96)(H,91,98)(H,92,97)(H,93,102)/t39-,40+,41-,42+,43+,44-,45-,46-,53-,54-,55-,56-,57-,58-,59-,60-,61+,62+,63+,64+,65+,66+,67+,68+,69+,70+,71+,72+,73+,74+/m1/s1. The molecule has 13 rings (SSSR count). The van der Waals surface area contributed by atoms with Crippen molar-refractivity contribution in [1.82, 2.24) is 42.5 Å². The van der Waals surface area contributed by atoms with Gasteiger partial charge in [-0.15, -0.1) is 0 Å². The molecule has 1 aromatic rings. The molecule has 43 nitrogen and oxygen atoms in total. The quantitative estimate of drug-likeness (QED) is 0.0363. The monoisotopic (exact) mass is 1820 g/mol. The van der Waals surface area contributed by atoms with Crippen molar-refractivity contribution < 1.29 is 166 Å². The average Bonchev–Trinajstić information content (AvgIpc) is 1.62. The molecular weight excluding hydrogens is 1690 g/mol. The highest BCUT2D eigenvalue weighted by Crippen LogP contribution is 2.48. The van der Waals surface area contributed by atoms with Crippen molar-refractivity contribution >= 4 is 53.8 Å². The van der Waals surface area contributed by atoms with Crippen molar-refractivity contribution in [2.24, 2.45) is 0 Å². The number of nitrogens with one attached hydrogen (secondary N) is 8. The summed E-state index contributed by atoms with van der Waals surface area (Å²) >= 11 is 0. The molecule has 12 saturated heterocycles. The van der Waals surface area contributed by atoms with Crippen LogP contribution in [-0.4, -0.2) is 332 Å². The van der Waals surface area contributed by atoms with Gasteiger partial charge in [0.25, 0.3) is 0 Å². The molecule has 0 aromatic heterocycles. The minimum atomic E-state index is -1.46. The van der Waals surface area contributed by atoms with Crippen molar-refractivity contribution in [3.05, 3.63) is 35.9 Å². The van der Waals surface area contributed by atoms with Crippen LogP contribution < -0.4 is 42.5 Å². The molecule has 30 atom stereocenters. The molecule has 8 amide bonds. The molecule has 12 aliphatic heterocycles. The number of benzene rings is 1. The van der Waals surface area contributed by atoms with Gasteiger partial charge in [0.2, 0.25) is 29.5 Å². The van der Waals surface area contributed by atoms with E-state index in [4.69, 9.17) is 123 Å². The van der Waals surface area contributed by atoms with Gasteiger partial charge < -0.3 is 166 Å². The van der Waals surface area contributed by atoms with E-state index in [0.717, 1.165) is 0 Å². The van der Waals surface area contributed by atoms with Crippen LogP contribution in [0.4, 0.5) is 14.4 Å². The van der Waals surface area contributed by atoms with E-state index in [1.54, 1.807) is 155 Å². The third kappa shape index (κ3) is 23.8. The zero-order chi connectivity index (χ0) is 93.0. The topological polar surface area (TPSA) is 490 Å². The summed E-state index contributed by atoms with van der Waals surface area (Å²) in [6.07, 6.45) is -31.1. The molecular formula is C85H130N8O35. The molecule has 12 heterocycles. The van der Waals surface area contributed by atoms with Gasteiger partial charge >= 0.3 is 24.2 Å². The number of methoxy groups -OCH3 is 5. The Bertz CT molecular complexity index is 4090. The summed E-state index contributed by atoms with van der Waals surface area (Å²) in [6, 6.07) is 0.786. The summed E-state index contributed by atoms with van der Waals surface area (Å²) in [5.74, 6) is -12.2. The molecule has 12 fully saturated rings. The third-order valence-corrected chi connectivity index (χ3v) is 23.4. The second-order valence-corrected chi connectivity index (χ2v) is 38.7. The Kier molecular flexibility index (Phi) is 29.9. The highest BCUT2D eigenvalue weighted by Gasteiger charge is 2.65. The Morgan fingerprint density at radius 1 is 0.320 bits per heavy atom. The highest BCUT2D eigenvalue weighted by molar-refractivity contribution is 5.84. The van der Waals surface area contributed by atoms with E-state index in [1.165, 1.54) is 35.5 Å². The van der Waals surface area contributed by atoms with Crippen LogP contribution in [0.25, 0.3) is 0 Å². The zero-order valence-corrected chi connectivity index (χ0v) is 76.9. The summed E-state index contributed by atoms with van der Waals surface area (Å²) in [5.41, 5.74) is -1.11. The zero-order valence-electron chi connectivity index (χ0n) is 76.9. The first-order chi connectivity index (χ1) is 59.9. The maximum Gasteiger partial charge on any atom is 0.407 e. The number of alkyl carbamates (subject to hydrolysis) is 3. The summed E-state index contributed by atoms with van der Waals surface area (Å²) in [5, 5.41) is 23.4. The smallest absolute Gasteiger partial charge is 0.407 e. The number of ether oxygens (including phenoxy) is 26. The molecule has 0 spiro atoms. The number of esters is 1. The Labute approximate surface area is 743 Å². The van der Waals surface area contributed by atoms with Crippen LogP contribution >= 0.6 is 0 Å². The van der Waals surface area contributed by atoms with Crippen LogP contribution in [0.2, 0.25) is 0 Å². The summed E-state index contributed by atoms with van der Waals surface area (Å²) in [7, 11) is 6.76. The van der Waals surface area contributed by atoms with E-state index in [-0.39, 0.29) is 19.7 Å². The van der Waals surface area contributed by atoms with Crippen molar-refractivity contribution in [3.63, 3.8) is 0 Å². The Balaban J connectivity index is 0.814. The van der Waals surface area contributed by atoms with Crippen molar-refractivity contribution in [2.45, 2.75) is 399 Å². The molecule has 0 saturated carbocycles. The molecule has 0 aliphatic carbocycles. The van der Waals surface area contributed by atoms with E-state index in [9.17, 15) is 19.2 Å². The molecule has 12 aliphatic rings. The number of carbonyl (C=O) groups is 9. The van der Waals surface area contributed by atoms with Crippen LogP contribution in [-0.2, 0) is 159 Å². The largest absolute Gasteiger partial charge is 0.469 e. The Morgan fingerprint density at radius 3 is 0.828 bits per heavy atom. The number of hydrogen-bond acceptors (Lipinski definition) is 35. The van der Waals surface area contributed by atoms with E-state index in [1.807, 2.05) is 0 Å². The Hall–Kier alpha value is -7.03. The van der Waals surface area contributed by atoms with E-state index < -0.39 is 322 Å². The molecule has 720 valence electrons. The maximum absolute atomic E-state index is 16.0. The minimum Gasteiger partial charge on any atom is -0.469 e. The second-order valence-electron chi connectivity index (χ2n) is 38.7. The van der Waals surface area contributed by atoms with Gasteiger partial charge in [-0.25, -0.2) is 14.4 Å². The van der Waals surface area contributed by atoms with Gasteiger partial charge in [-0.2, -0.15) is 0 Å². The van der Waals surface area contributed by atoms with E-state index in [2.05, 4.69) is 42.5 Å². The maximum atomic E-state index is 16.0. The fourth-order valence-corrected chi connectivity index (χ4v) is 18.8. The van der Waals surface area contributed by atoms with Gasteiger partial charge in [-0.05, 0) is 130 Å². The predicted molar refractivity (Wildman–Crippen MR) is 434 cm³/mol. The van der Waals surface area contributed by atoms with Crippen LogP contribution in [0.3, 0.4) is 0 Å². The first-order valence-corrected chi connectivity index (χ1v) is 43.5. The van der Waals surface area contributed by atoms with Crippen LogP contribution in [0, 0.1) is 0 Å². The number of amides is 8. The van der Waals surface area contributed by atoms with Gasteiger partial charge in [0, 0.05) is 73.6 Å². The molecule has 43 heteroatoms. The molecule has 0 radical (unpaired) electrons. The number of hydrogen-bond donors (Lipinski definition) is 8. The second kappa shape index (κ2) is 38.9. The van der Waals surface area contributed by atoms with Crippen molar-refractivity contribution in [3.8, 4) is 0 Å². The lowest BCUT2D eigenvalue weighted by Crippen LogP contribution is -2.57. The van der Waals surface area contributed by atoms with Crippen LogP contribution in [0.5, 0.6) is 0 Å². The highest BCUT2D eigenvalue weighted by atomic mass is 16.8. The lowest BCUT2D eigenvalue weighted by Gasteiger charge is -2.33. The average molecular weight is 1820 g/mol. The van der Waals surface area contributed by atoms with Gasteiger partial charge in [-0.1, -0.05) is 30.3 Å². The molecule has 8 N–H and O–H groups in total. The lowest BCUT2D eigenvalue weighted by atomic mass is 9.95. The molecule has 1 aromatic carbocycles. The number of fused-ring (bicyclic) bond motifs is 6. The molecule has 0 bridgehead atoms. The summed E-state index contributed by atoms with van der Waals surface area (Å²) in [4.78, 5) is 132. The summed E-state index contributed by atoms with van der Waals surface area (Å²) < 4.78 is 162. The van der Waals surface area contributed by atoms with Gasteiger partial charge in [-0.3, -0.25) is 28.8 Å². The first kappa shape index (κ1) is 98.5. The van der Waals surface area contributed by atoms with Gasteiger partial charge in [0.05, 0.1) is 49.8 Å². The fraction of sp³-hybridized carbons (Fsp3) is 0.824. The minimum absolute atomic E-state index is 0.150. The van der Waals surface area contributed by atoms with Gasteiger partial charge in [0.1, 0.15) is 140 Å². The molecule has 0 unspecified atom stereocenters. The third-order valence-electron chi connectivity index (χ3n) is 23.4. The van der Waals surface area contributed by atoms with Crippen LogP contribution in [0.1, 0.15) is 169 Å². The van der Waals surface area contributed by atoms with E-state index >= 15 is 24.0 Å². The normalized spacial score (nSPS) is 35.8. The number of carbonyl (C=O) groups excluding carboxylic acids is 9. The first-order valence-electron chi connectivity index (χ1n) is 43.5. The Morgan fingerprint density at radius 2 is 0.562 bits per heavy atom. The van der Waals surface area contributed by atoms with Crippen LogP contribution in [0.15, 0.2) is 30.3 Å². The fourth-order valence-electron chi connectivity index (χ4n) is 18.8. The van der Waals surface area contributed by atoms with Crippen molar-refractivity contribution in [2.75, 3.05) is 48.6 Å².